The molecule has 3 amide bonds. The molecule has 3 aromatic rings. The Morgan fingerprint density at radius 3 is 2.12 bits per heavy atom. The number of halogens is 1. The van der Waals surface area contributed by atoms with E-state index in [1.165, 1.54) is 48.5 Å². The smallest absolute Gasteiger partial charge is 0.343 e. The maximum Gasteiger partial charge on any atom is 0.343 e. The number of amides is 3. The zero-order valence-corrected chi connectivity index (χ0v) is 22.5. The fourth-order valence-corrected chi connectivity index (χ4v) is 5.39. The molecule has 0 spiro atoms. The first-order valence-electron chi connectivity index (χ1n) is 13.1. The van der Waals surface area contributed by atoms with Gasteiger partial charge in [-0.25, -0.2) is 9.80 Å². The van der Waals surface area contributed by atoms with Gasteiger partial charge in [0.1, 0.15) is 12.3 Å². The first-order valence-corrected chi connectivity index (χ1v) is 13.5. The van der Waals surface area contributed by atoms with Gasteiger partial charge in [0.05, 0.1) is 17.4 Å². The third kappa shape index (κ3) is 5.53. The van der Waals surface area contributed by atoms with E-state index in [1.807, 2.05) is 6.92 Å². The molecule has 1 aliphatic carbocycles. The van der Waals surface area contributed by atoms with Crippen LogP contribution in [0.4, 0.5) is 0 Å². The van der Waals surface area contributed by atoms with Crippen LogP contribution in [0.2, 0.25) is 5.02 Å². The second-order valence-electron chi connectivity index (χ2n) is 10.2. The van der Waals surface area contributed by atoms with Crippen LogP contribution in [-0.4, -0.2) is 46.0 Å². The van der Waals surface area contributed by atoms with Gasteiger partial charge in [-0.1, -0.05) is 36.7 Å². The number of Topliss-reactive ketones (excluding diaryl/α,β-unsaturated/α-hetero) is 1. The highest BCUT2D eigenvalue weighted by Gasteiger charge is 2.52. The minimum atomic E-state index is -0.660. The summed E-state index contributed by atoms with van der Waals surface area (Å²) in [5.41, 5.74) is 0.789. The first kappa shape index (κ1) is 27.3. The van der Waals surface area contributed by atoms with Gasteiger partial charge in [0.25, 0.3) is 17.7 Å². The van der Waals surface area contributed by atoms with E-state index >= 15 is 0 Å². The molecule has 0 radical (unpaired) electrons. The number of rotatable bonds is 7. The molecule has 40 heavy (non-hydrogen) atoms. The molecule has 1 saturated heterocycles. The maximum absolute atomic E-state index is 13.6. The molecule has 2 aliphatic rings. The fourth-order valence-electron chi connectivity index (χ4n) is 5.26. The lowest BCUT2D eigenvalue weighted by Crippen LogP contribution is -2.52. The number of ether oxygens (including phenoxy) is 1. The molecule has 1 saturated carbocycles. The molecule has 2 fully saturated rings. The Labute approximate surface area is 236 Å². The van der Waals surface area contributed by atoms with E-state index in [0.717, 1.165) is 16.4 Å². The van der Waals surface area contributed by atoms with Gasteiger partial charge in [-0.15, -0.1) is 0 Å². The predicted molar refractivity (Wildman–Crippen MR) is 147 cm³/mol. The monoisotopic (exact) mass is 558 g/mol. The van der Waals surface area contributed by atoms with Crippen molar-refractivity contribution in [2.45, 2.75) is 26.2 Å². The lowest BCUT2D eigenvalue weighted by atomic mass is 9.76. The standard InChI is InChI=1S/C31H27ClN2O6/c1-19-7-16-25-26(17-19)30(38)34(29(25)37)33(28(36)21-8-12-23(32)13-9-21)18-27(35)20-10-14-24(15-11-20)40-31(39)22-5-3-2-4-6-22/h2-6,8-15,19,25-26H,7,16-18H2,1H3/t19-,25-,26-/m1/s1. The van der Waals surface area contributed by atoms with Crippen LogP contribution in [0.25, 0.3) is 0 Å². The molecule has 3 atom stereocenters. The summed E-state index contributed by atoms with van der Waals surface area (Å²) in [6.45, 7) is 1.51. The predicted octanol–water partition coefficient (Wildman–Crippen LogP) is 5.22. The Morgan fingerprint density at radius 2 is 1.45 bits per heavy atom. The third-order valence-corrected chi connectivity index (χ3v) is 7.67. The average molecular weight is 559 g/mol. The van der Waals surface area contributed by atoms with Gasteiger partial charge in [-0.3, -0.25) is 19.2 Å². The Kier molecular flexibility index (Phi) is 7.80. The zero-order chi connectivity index (χ0) is 28.4. The van der Waals surface area contributed by atoms with Crippen molar-refractivity contribution in [2.24, 2.45) is 17.8 Å². The molecule has 0 aromatic heterocycles. The van der Waals surface area contributed by atoms with Crippen molar-refractivity contribution in [3.8, 4) is 5.75 Å². The van der Waals surface area contributed by atoms with E-state index in [1.54, 1.807) is 30.3 Å². The van der Waals surface area contributed by atoms with E-state index in [-0.39, 0.29) is 22.8 Å². The van der Waals surface area contributed by atoms with Crippen molar-refractivity contribution in [1.29, 1.82) is 0 Å². The van der Waals surface area contributed by atoms with Crippen LogP contribution in [0.3, 0.4) is 0 Å². The maximum atomic E-state index is 13.6. The fraction of sp³-hybridized carbons (Fsp3) is 0.258. The summed E-state index contributed by atoms with van der Waals surface area (Å²) in [5, 5.41) is 2.24. The molecule has 9 heteroatoms. The summed E-state index contributed by atoms with van der Waals surface area (Å²) in [7, 11) is 0. The highest BCUT2D eigenvalue weighted by molar-refractivity contribution is 6.30. The van der Waals surface area contributed by atoms with Crippen molar-refractivity contribution in [3.05, 3.63) is 101 Å². The number of hydrogen-bond acceptors (Lipinski definition) is 6. The highest BCUT2D eigenvalue weighted by atomic mass is 35.5. The molecule has 3 aromatic carbocycles. The molecular formula is C31H27ClN2O6. The molecule has 5 rings (SSSR count). The summed E-state index contributed by atoms with van der Waals surface area (Å²) in [4.78, 5) is 66.1. The van der Waals surface area contributed by atoms with Gasteiger partial charge in [0.2, 0.25) is 0 Å². The van der Waals surface area contributed by atoms with Crippen LogP contribution < -0.4 is 4.74 Å². The van der Waals surface area contributed by atoms with Gasteiger partial charge in [0, 0.05) is 16.1 Å². The molecule has 0 bridgehead atoms. The summed E-state index contributed by atoms with van der Waals surface area (Å²) in [6, 6.07) is 20.4. The van der Waals surface area contributed by atoms with E-state index in [4.69, 9.17) is 16.3 Å². The van der Waals surface area contributed by atoms with Crippen LogP contribution in [0.1, 0.15) is 57.3 Å². The van der Waals surface area contributed by atoms with Gasteiger partial charge < -0.3 is 4.74 Å². The number of benzene rings is 3. The molecule has 1 heterocycles. The Bertz CT molecular complexity index is 1460. The molecular weight excluding hydrogens is 532 g/mol. The van der Waals surface area contributed by atoms with Crippen molar-refractivity contribution in [1.82, 2.24) is 10.0 Å². The Hall–Kier alpha value is -4.30. The van der Waals surface area contributed by atoms with Crippen LogP contribution in [-0.2, 0) is 9.59 Å². The van der Waals surface area contributed by atoms with Gasteiger partial charge >= 0.3 is 5.97 Å². The average Bonchev–Trinajstić information content (AvgIpc) is 3.21. The SMILES string of the molecule is C[C@@H]1CC[C@H]2C(=O)N(N(CC(=O)c3ccc(OC(=O)c4ccccc4)cc3)C(=O)c3ccc(Cl)cc3)C(=O)[C@@H]2C1. The van der Waals surface area contributed by atoms with Gasteiger partial charge in [-0.2, -0.15) is 5.01 Å². The van der Waals surface area contributed by atoms with E-state index in [0.29, 0.717) is 23.4 Å². The molecule has 1 aliphatic heterocycles. The molecule has 8 nitrogen and oxygen atoms in total. The minimum absolute atomic E-state index is 0.184. The summed E-state index contributed by atoms with van der Waals surface area (Å²) < 4.78 is 5.37. The first-order chi connectivity index (χ1) is 19.2. The number of hydrazine groups is 1. The lowest BCUT2D eigenvalue weighted by Gasteiger charge is -2.30. The molecule has 0 N–H and O–H groups in total. The van der Waals surface area contributed by atoms with E-state index in [9.17, 15) is 24.0 Å². The van der Waals surface area contributed by atoms with Crippen molar-refractivity contribution < 1.29 is 28.7 Å². The lowest BCUT2D eigenvalue weighted by molar-refractivity contribution is -0.154. The van der Waals surface area contributed by atoms with Crippen LogP contribution in [0.5, 0.6) is 5.75 Å². The second-order valence-corrected chi connectivity index (χ2v) is 10.6. The zero-order valence-electron chi connectivity index (χ0n) is 21.8. The van der Waals surface area contributed by atoms with Crippen LogP contribution in [0, 0.1) is 17.8 Å². The number of imide groups is 1. The Balaban J connectivity index is 1.38. The normalized spacial score (nSPS) is 20.1. The number of carbonyl (C=O) groups is 5. The van der Waals surface area contributed by atoms with E-state index < -0.39 is 47.9 Å². The number of hydrogen-bond donors (Lipinski definition) is 0. The summed E-state index contributed by atoms with van der Waals surface area (Å²) >= 11 is 5.98. The third-order valence-electron chi connectivity index (χ3n) is 7.42. The summed E-state index contributed by atoms with van der Waals surface area (Å²) in [5.74, 6) is -3.10. The number of ketones is 1. The van der Waals surface area contributed by atoms with Crippen LogP contribution in [0.15, 0.2) is 78.9 Å². The van der Waals surface area contributed by atoms with E-state index in [2.05, 4.69) is 0 Å². The van der Waals surface area contributed by atoms with Crippen molar-refractivity contribution in [3.63, 3.8) is 0 Å². The quantitative estimate of drug-likeness (QED) is 0.170. The molecule has 0 unspecified atom stereocenters. The van der Waals surface area contributed by atoms with Crippen molar-refractivity contribution in [2.75, 3.05) is 6.54 Å². The highest BCUT2D eigenvalue weighted by Crippen LogP contribution is 2.41. The van der Waals surface area contributed by atoms with Crippen LogP contribution >= 0.6 is 11.6 Å². The molecule has 204 valence electrons. The van der Waals surface area contributed by atoms with Crippen molar-refractivity contribution >= 4 is 41.1 Å². The Morgan fingerprint density at radius 1 is 0.825 bits per heavy atom. The number of fused-ring (bicyclic) bond motifs is 1. The number of carbonyl (C=O) groups excluding carboxylic acids is 5. The largest absolute Gasteiger partial charge is 0.423 e. The topological polar surface area (TPSA) is 101 Å². The van der Waals surface area contributed by atoms with Gasteiger partial charge in [0.15, 0.2) is 5.78 Å². The number of nitrogens with zero attached hydrogens (tertiary/aromatic N) is 2. The second kappa shape index (κ2) is 11.4. The van der Waals surface area contributed by atoms with Gasteiger partial charge in [-0.05, 0) is 85.8 Å². The minimum Gasteiger partial charge on any atom is -0.423 e. The summed E-state index contributed by atoms with van der Waals surface area (Å²) in [6.07, 6.45) is 1.94. The number of esters is 1.